The number of rotatable bonds is 5. The normalized spacial score (nSPS) is 11.9. The van der Waals surface area contributed by atoms with E-state index in [4.69, 9.17) is 32.7 Å². The number of hydrogen-bond acceptors (Lipinski definition) is 4. The van der Waals surface area contributed by atoms with Gasteiger partial charge in [-0.1, -0.05) is 35.3 Å². The third-order valence-corrected chi connectivity index (χ3v) is 4.38. The summed E-state index contributed by atoms with van der Waals surface area (Å²) in [5, 5.41) is 6.20. The Bertz CT molecular complexity index is 842. The number of hydrogen-bond donors (Lipinski definition) is 2. The average molecular weight is 395 g/mol. The van der Waals surface area contributed by atoms with Crippen LogP contribution in [0.15, 0.2) is 36.4 Å². The smallest absolute Gasteiger partial charge is 0.309 e. The van der Waals surface area contributed by atoms with Gasteiger partial charge in [0.2, 0.25) is 6.79 Å². The van der Waals surface area contributed by atoms with Gasteiger partial charge < -0.3 is 20.1 Å². The second-order valence-corrected chi connectivity index (χ2v) is 6.46. The summed E-state index contributed by atoms with van der Waals surface area (Å²) < 4.78 is 10.5. The second-order valence-electron chi connectivity index (χ2n) is 5.61. The summed E-state index contributed by atoms with van der Waals surface area (Å²) in [6.45, 7) is 0.689. The standard InChI is InChI=1S/C18H16Cl2N2O4/c19-13-3-2-12(14(20)8-13)5-6-21-17(23)18(24)22-9-11-1-4-15-16(7-11)26-10-25-15/h1-4,7-8H,5-6,9-10H2,(H,21,23)(H,22,24). The van der Waals surface area contributed by atoms with Crippen LogP contribution in [0.25, 0.3) is 0 Å². The van der Waals surface area contributed by atoms with Gasteiger partial charge >= 0.3 is 11.8 Å². The molecule has 0 bridgehead atoms. The van der Waals surface area contributed by atoms with Crippen LogP contribution in [0, 0.1) is 0 Å². The van der Waals surface area contributed by atoms with E-state index in [1.54, 1.807) is 36.4 Å². The zero-order chi connectivity index (χ0) is 18.5. The SMILES string of the molecule is O=C(NCCc1ccc(Cl)cc1Cl)C(=O)NCc1ccc2c(c1)OCO2. The first-order valence-corrected chi connectivity index (χ1v) is 8.67. The lowest BCUT2D eigenvalue weighted by Crippen LogP contribution is -2.40. The molecule has 3 rings (SSSR count). The van der Waals surface area contributed by atoms with Gasteiger partial charge in [0, 0.05) is 23.1 Å². The highest BCUT2D eigenvalue weighted by atomic mass is 35.5. The first-order chi connectivity index (χ1) is 12.5. The minimum Gasteiger partial charge on any atom is -0.454 e. The molecule has 2 N–H and O–H groups in total. The molecule has 0 aliphatic carbocycles. The summed E-state index contributed by atoms with van der Waals surface area (Å²) in [6.07, 6.45) is 0.497. The second kappa shape index (κ2) is 8.29. The third kappa shape index (κ3) is 4.59. The van der Waals surface area contributed by atoms with Crippen LogP contribution in [0.4, 0.5) is 0 Å². The average Bonchev–Trinajstić information content (AvgIpc) is 3.09. The number of carbonyl (C=O) groups excluding carboxylic acids is 2. The molecular formula is C18H16Cl2N2O4. The van der Waals surface area contributed by atoms with Crippen molar-refractivity contribution in [1.82, 2.24) is 10.6 Å². The lowest BCUT2D eigenvalue weighted by atomic mass is 10.1. The zero-order valence-electron chi connectivity index (χ0n) is 13.7. The van der Waals surface area contributed by atoms with Gasteiger partial charge in [-0.3, -0.25) is 9.59 Å². The van der Waals surface area contributed by atoms with Crippen molar-refractivity contribution in [3.05, 3.63) is 57.6 Å². The molecule has 8 heteroatoms. The molecule has 6 nitrogen and oxygen atoms in total. The predicted molar refractivity (Wildman–Crippen MR) is 97.6 cm³/mol. The summed E-state index contributed by atoms with van der Waals surface area (Å²) in [4.78, 5) is 23.7. The van der Waals surface area contributed by atoms with Gasteiger partial charge in [-0.05, 0) is 41.8 Å². The summed E-state index contributed by atoms with van der Waals surface area (Å²) in [6, 6.07) is 10.5. The summed E-state index contributed by atoms with van der Waals surface area (Å²) in [7, 11) is 0. The van der Waals surface area contributed by atoms with Crippen LogP contribution in [-0.4, -0.2) is 25.2 Å². The van der Waals surface area contributed by atoms with Crippen LogP contribution in [0.2, 0.25) is 10.0 Å². The topological polar surface area (TPSA) is 76.7 Å². The van der Waals surface area contributed by atoms with Crippen LogP contribution in [0.1, 0.15) is 11.1 Å². The Labute approximate surface area is 160 Å². The molecule has 0 saturated heterocycles. The van der Waals surface area contributed by atoms with Crippen LogP contribution in [-0.2, 0) is 22.6 Å². The first-order valence-electron chi connectivity index (χ1n) is 7.91. The maximum absolute atomic E-state index is 11.9. The molecule has 26 heavy (non-hydrogen) atoms. The molecule has 2 aromatic rings. The minimum absolute atomic E-state index is 0.186. The minimum atomic E-state index is -0.704. The van der Waals surface area contributed by atoms with Crippen molar-refractivity contribution in [2.45, 2.75) is 13.0 Å². The van der Waals surface area contributed by atoms with Gasteiger partial charge in [0.25, 0.3) is 0 Å². The van der Waals surface area contributed by atoms with Crippen LogP contribution < -0.4 is 20.1 Å². The van der Waals surface area contributed by atoms with E-state index in [0.717, 1.165) is 11.1 Å². The molecule has 0 atom stereocenters. The number of halogens is 2. The molecule has 0 fully saturated rings. The van der Waals surface area contributed by atoms with E-state index >= 15 is 0 Å². The van der Waals surface area contributed by atoms with Crippen molar-refractivity contribution in [2.24, 2.45) is 0 Å². The lowest BCUT2D eigenvalue weighted by molar-refractivity contribution is -0.139. The van der Waals surface area contributed by atoms with Gasteiger partial charge in [0.1, 0.15) is 0 Å². The van der Waals surface area contributed by atoms with E-state index in [1.165, 1.54) is 0 Å². The van der Waals surface area contributed by atoms with Crippen LogP contribution in [0.3, 0.4) is 0 Å². The van der Waals surface area contributed by atoms with E-state index in [1.807, 2.05) is 0 Å². The Kier molecular flexibility index (Phi) is 5.85. The monoisotopic (exact) mass is 394 g/mol. The van der Waals surface area contributed by atoms with E-state index < -0.39 is 11.8 Å². The summed E-state index contributed by atoms with van der Waals surface area (Å²) in [5.74, 6) is -0.111. The molecule has 1 heterocycles. The van der Waals surface area contributed by atoms with E-state index in [-0.39, 0.29) is 19.9 Å². The highest BCUT2D eigenvalue weighted by Gasteiger charge is 2.15. The molecule has 0 aromatic heterocycles. The number of amides is 2. The quantitative estimate of drug-likeness (QED) is 0.764. The molecule has 0 unspecified atom stereocenters. The Morgan fingerprint density at radius 2 is 1.73 bits per heavy atom. The predicted octanol–water partition coefficient (Wildman–Crippen LogP) is 2.70. The summed E-state index contributed by atoms with van der Waals surface area (Å²) >= 11 is 11.9. The van der Waals surface area contributed by atoms with Gasteiger partial charge in [0.15, 0.2) is 11.5 Å². The van der Waals surface area contributed by atoms with Gasteiger partial charge in [-0.2, -0.15) is 0 Å². The molecule has 2 amide bonds. The molecule has 2 aromatic carbocycles. The highest BCUT2D eigenvalue weighted by Crippen LogP contribution is 2.32. The van der Waals surface area contributed by atoms with Crippen LogP contribution >= 0.6 is 23.2 Å². The van der Waals surface area contributed by atoms with E-state index in [2.05, 4.69) is 10.6 Å². The fraction of sp³-hybridized carbons (Fsp3) is 0.222. The number of nitrogens with one attached hydrogen (secondary N) is 2. The Morgan fingerprint density at radius 3 is 2.54 bits per heavy atom. The molecule has 1 aliphatic rings. The lowest BCUT2D eigenvalue weighted by Gasteiger charge is -2.08. The fourth-order valence-corrected chi connectivity index (χ4v) is 2.93. The van der Waals surface area contributed by atoms with Crippen molar-refractivity contribution in [2.75, 3.05) is 13.3 Å². The first kappa shape index (κ1) is 18.4. The molecule has 136 valence electrons. The Hall–Kier alpha value is -2.44. The maximum Gasteiger partial charge on any atom is 0.309 e. The van der Waals surface area contributed by atoms with Crippen molar-refractivity contribution < 1.29 is 19.1 Å². The maximum atomic E-state index is 11.9. The molecular weight excluding hydrogens is 379 g/mol. The molecule has 1 aliphatic heterocycles. The van der Waals surface area contributed by atoms with Crippen LogP contribution in [0.5, 0.6) is 11.5 Å². The van der Waals surface area contributed by atoms with E-state index in [9.17, 15) is 9.59 Å². The van der Waals surface area contributed by atoms with E-state index in [0.29, 0.717) is 28.0 Å². The van der Waals surface area contributed by atoms with Gasteiger partial charge in [0.05, 0.1) is 0 Å². The number of fused-ring (bicyclic) bond motifs is 1. The highest BCUT2D eigenvalue weighted by molar-refractivity contribution is 6.35. The molecule has 0 saturated carbocycles. The fourth-order valence-electron chi connectivity index (χ4n) is 2.43. The number of carbonyl (C=O) groups is 2. The third-order valence-electron chi connectivity index (χ3n) is 3.79. The Morgan fingerprint density at radius 1 is 0.962 bits per heavy atom. The van der Waals surface area contributed by atoms with Crippen molar-refractivity contribution in [3.8, 4) is 11.5 Å². The molecule has 0 spiro atoms. The van der Waals surface area contributed by atoms with Gasteiger partial charge in [-0.25, -0.2) is 0 Å². The van der Waals surface area contributed by atoms with Crippen molar-refractivity contribution in [3.63, 3.8) is 0 Å². The van der Waals surface area contributed by atoms with Gasteiger partial charge in [-0.15, -0.1) is 0 Å². The Balaban J connectivity index is 1.43. The largest absolute Gasteiger partial charge is 0.454 e. The summed E-state index contributed by atoms with van der Waals surface area (Å²) in [5.41, 5.74) is 1.65. The molecule has 0 radical (unpaired) electrons. The number of benzene rings is 2. The number of ether oxygens (including phenoxy) is 2. The zero-order valence-corrected chi connectivity index (χ0v) is 15.2. The van der Waals surface area contributed by atoms with Crippen molar-refractivity contribution in [1.29, 1.82) is 0 Å². The van der Waals surface area contributed by atoms with Crippen molar-refractivity contribution >= 4 is 35.0 Å².